The van der Waals surface area contributed by atoms with Crippen molar-refractivity contribution in [3.8, 4) is 0 Å². The van der Waals surface area contributed by atoms with Crippen molar-refractivity contribution in [2.24, 2.45) is 5.92 Å². The number of aromatic amines is 1. The minimum atomic E-state index is -0.833. The first-order chi connectivity index (χ1) is 9.61. The van der Waals surface area contributed by atoms with Gasteiger partial charge < -0.3 is 20.3 Å². The maximum Gasteiger partial charge on any atom is 0.318 e. The molecular formula is C13H20N4O3. The summed E-state index contributed by atoms with van der Waals surface area (Å²) >= 11 is 0. The Balaban J connectivity index is 1.95. The highest BCUT2D eigenvalue weighted by Gasteiger charge is 2.29. The second-order valence-corrected chi connectivity index (χ2v) is 5.01. The van der Waals surface area contributed by atoms with E-state index in [-0.39, 0.29) is 18.6 Å². The van der Waals surface area contributed by atoms with E-state index in [0.29, 0.717) is 18.8 Å². The number of carboxylic acid groups (broad SMARTS) is 1. The minimum Gasteiger partial charge on any atom is -0.481 e. The smallest absolute Gasteiger partial charge is 0.318 e. The molecule has 1 aromatic heterocycles. The van der Waals surface area contributed by atoms with Crippen LogP contribution in [0.1, 0.15) is 38.1 Å². The van der Waals surface area contributed by atoms with Crippen molar-refractivity contribution >= 4 is 12.0 Å². The molecule has 2 amide bonds. The predicted octanol–water partition coefficient (Wildman–Crippen LogP) is 1.37. The summed E-state index contributed by atoms with van der Waals surface area (Å²) in [6.45, 7) is 2.84. The van der Waals surface area contributed by atoms with Crippen LogP contribution in [0.5, 0.6) is 0 Å². The fourth-order valence-corrected chi connectivity index (χ4v) is 2.44. The Kier molecular flexibility index (Phi) is 4.60. The monoisotopic (exact) mass is 280 g/mol. The highest BCUT2D eigenvalue weighted by atomic mass is 16.4. The number of nitrogens with one attached hydrogen (secondary N) is 2. The van der Waals surface area contributed by atoms with Gasteiger partial charge in [0.05, 0.1) is 12.0 Å². The van der Waals surface area contributed by atoms with E-state index in [1.54, 1.807) is 17.3 Å². The molecule has 0 aromatic carbocycles. The Morgan fingerprint density at radius 2 is 2.45 bits per heavy atom. The van der Waals surface area contributed by atoms with E-state index in [0.717, 1.165) is 12.8 Å². The van der Waals surface area contributed by atoms with Crippen LogP contribution in [-0.2, 0) is 4.79 Å². The fraction of sp³-hybridized carbons (Fsp3) is 0.615. The molecule has 1 aliphatic rings. The molecule has 110 valence electrons. The number of carbonyl (C=O) groups is 2. The summed E-state index contributed by atoms with van der Waals surface area (Å²) in [5.41, 5.74) is 0. The molecule has 1 aliphatic heterocycles. The van der Waals surface area contributed by atoms with Gasteiger partial charge in [0.2, 0.25) is 0 Å². The number of rotatable bonds is 4. The number of likely N-dealkylation sites (tertiary alicyclic amines) is 1. The minimum absolute atomic E-state index is 0.178. The van der Waals surface area contributed by atoms with Gasteiger partial charge in [-0.3, -0.25) is 4.79 Å². The van der Waals surface area contributed by atoms with Crippen LogP contribution in [0.3, 0.4) is 0 Å². The van der Waals surface area contributed by atoms with Crippen molar-refractivity contribution in [2.75, 3.05) is 13.1 Å². The zero-order chi connectivity index (χ0) is 14.5. The van der Waals surface area contributed by atoms with Crippen LogP contribution in [0.2, 0.25) is 0 Å². The van der Waals surface area contributed by atoms with Crippen molar-refractivity contribution in [3.63, 3.8) is 0 Å². The van der Waals surface area contributed by atoms with E-state index >= 15 is 0 Å². The first-order valence-corrected chi connectivity index (χ1v) is 6.89. The van der Waals surface area contributed by atoms with Gasteiger partial charge in [0.1, 0.15) is 5.82 Å². The average Bonchev–Trinajstić information content (AvgIpc) is 2.98. The number of aromatic nitrogens is 2. The molecule has 0 bridgehead atoms. The van der Waals surface area contributed by atoms with Crippen LogP contribution < -0.4 is 5.32 Å². The van der Waals surface area contributed by atoms with Gasteiger partial charge in [0.25, 0.3) is 0 Å². The summed E-state index contributed by atoms with van der Waals surface area (Å²) < 4.78 is 0. The van der Waals surface area contributed by atoms with Crippen LogP contribution in [0.25, 0.3) is 0 Å². The molecule has 1 saturated heterocycles. The normalized spacial score (nSPS) is 20.4. The molecule has 7 nitrogen and oxygen atoms in total. The quantitative estimate of drug-likeness (QED) is 0.775. The molecule has 2 rings (SSSR count). The molecule has 3 N–H and O–H groups in total. The summed E-state index contributed by atoms with van der Waals surface area (Å²) in [4.78, 5) is 31.9. The predicted molar refractivity (Wildman–Crippen MR) is 72.1 cm³/mol. The third kappa shape index (κ3) is 3.28. The zero-order valence-corrected chi connectivity index (χ0v) is 11.5. The number of H-pyrrole nitrogens is 1. The van der Waals surface area contributed by atoms with Gasteiger partial charge in [-0.2, -0.15) is 0 Å². The van der Waals surface area contributed by atoms with Gasteiger partial charge in [-0.15, -0.1) is 0 Å². The number of urea groups is 1. The van der Waals surface area contributed by atoms with Gasteiger partial charge in [0, 0.05) is 25.5 Å². The Hall–Kier alpha value is -2.05. The summed E-state index contributed by atoms with van der Waals surface area (Å²) in [7, 11) is 0. The molecule has 2 atom stereocenters. The van der Waals surface area contributed by atoms with Gasteiger partial charge in [-0.25, -0.2) is 9.78 Å². The highest BCUT2D eigenvalue weighted by molar-refractivity contribution is 5.76. The largest absolute Gasteiger partial charge is 0.481 e. The average molecular weight is 280 g/mol. The maximum atomic E-state index is 12.2. The number of hydrogen-bond donors (Lipinski definition) is 3. The first-order valence-electron chi connectivity index (χ1n) is 6.89. The van der Waals surface area contributed by atoms with Gasteiger partial charge in [0.15, 0.2) is 0 Å². The lowest BCUT2D eigenvalue weighted by Gasteiger charge is -2.31. The molecular weight excluding hydrogens is 260 g/mol. The Labute approximate surface area is 117 Å². The lowest BCUT2D eigenvalue weighted by molar-refractivity contribution is -0.143. The maximum absolute atomic E-state index is 12.2. The third-order valence-electron chi connectivity index (χ3n) is 3.61. The van der Waals surface area contributed by atoms with E-state index < -0.39 is 11.9 Å². The molecule has 20 heavy (non-hydrogen) atoms. The molecule has 2 heterocycles. The number of carboxylic acids is 1. The number of aliphatic carboxylic acids is 1. The zero-order valence-electron chi connectivity index (χ0n) is 11.5. The number of amides is 2. The summed E-state index contributed by atoms with van der Waals surface area (Å²) in [5, 5.41) is 11.9. The fourth-order valence-electron chi connectivity index (χ4n) is 2.44. The summed E-state index contributed by atoms with van der Waals surface area (Å²) in [6.07, 6.45) is 5.43. The van der Waals surface area contributed by atoms with E-state index in [9.17, 15) is 9.59 Å². The summed E-state index contributed by atoms with van der Waals surface area (Å²) in [5.74, 6) is -0.577. The number of nitrogens with zero attached hydrogens (tertiary/aromatic N) is 2. The van der Waals surface area contributed by atoms with Crippen LogP contribution in [0.4, 0.5) is 4.79 Å². The number of hydrogen-bond acceptors (Lipinski definition) is 3. The van der Waals surface area contributed by atoms with E-state index in [1.165, 1.54) is 0 Å². The van der Waals surface area contributed by atoms with Gasteiger partial charge >= 0.3 is 12.0 Å². The van der Waals surface area contributed by atoms with Crippen molar-refractivity contribution < 1.29 is 14.7 Å². The molecule has 7 heteroatoms. The molecule has 0 radical (unpaired) electrons. The molecule has 0 aliphatic carbocycles. The van der Waals surface area contributed by atoms with Crippen LogP contribution in [0.15, 0.2) is 12.4 Å². The molecule has 1 unspecified atom stereocenters. The van der Waals surface area contributed by atoms with E-state index in [2.05, 4.69) is 15.3 Å². The Morgan fingerprint density at radius 1 is 1.65 bits per heavy atom. The first kappa shape index (κ1) is 14.4. The number of piperidine rings is 1. The summed E-state index contributed by atoms with van der Waals surface area (Å²) in [6, 6.07) is -0.401. The lowest BCUT2D eigenvalue weighted by Crippen LogP contribution is -2.48. The Morgan fingerprint density at radius 3 is 3.05 bits per heavy atom. The van der Waals surface area contributed by atoms with Crippen molar-refractivity contribution in [2.45, 2.75) is 32.2 Å². The lowest BCUT2D eigenvalue weighted by atomic mass is 9.99. The molecule has 0 saturated carbocycles. The topological polar surface area (TPSA) is 98.3 Å². The van der Waals surface area contributed by atoms with Crippen LogP contribution in [-0.4, -0.2) is 45.1 Å². The SMILES string of the molecule is CCC(NC(=O)N1CCC[C@@H](C(=O)O)C1)c1ncc[nH]1. The Bertz CT molecular complexity index is 460. The van der Waals surface area contributed by atoms with Gasteiger partial charge in [-0.05, 0) is 19.3 Å². The van der Waals surface area contributed by atoms with Crippen LogP contribution in [0, 0.1) is 5.92 Å². The molecule has 1 fully saturated rings. The third-order valence-corrected chi connectivity index (χ3v) is 3.61. The molecule has 0 spiro atoms. The molecule has 1 aromatic rings. The second kappa shape index (κ2) is 6.40. The van der Waals surface area contributed by atoms with Crippen molar-refractivity contribution in [1.29, 1.82) is 0 Å². The van der Waals surface area contributed by atoms with Crippen LogP contribution >= 0.6 is 0 Å². The van der Waals surface area contributed by atoms with E-state index in [1.807, 2.05) is 6.92 Å². The van der Waals surface area contributed by atoms with Crippen molar-refractivity contribution in [1.82, 2.24) is 20.2 Å². The van der Waals surface area contributed by atoms with Gasteiger partial charge in [-0.1, -0.05) is 6.92 Å². The standard InChI is InChI=1S/C13H20N4O3/c1-2-10(11-14-5-6-15-11)16-13(20)17-7-3-4-9(8-17)12(18)19/h5-6,9-10H,2-4,7-8H2,1H3,(H,14,15)(H,16,20)(H,18,19)/t9-,10?/m1/s1. The number of imidazole rings is 1. The van der Waals surface area contributed by atoms with E-state index in [4.69, 9.17) is 5.11 Å². The number of carbonyl (C=O) groups excluding carboxylic acids is 1. The van der Waals surface area contributed by atoms with Crippen molar-refractivity contribution in [3.05, 3.63) is 18.2 Å². The second-order valence-electron chi connectivity index (χ2n) is 5.01. The highest BCUT2D eigenvalue weighted by Crippen LogP contribution is 2.18.